The van der Waals surface area contributed by atoms with Crippen molar-refractivity contribution in [3.8, 4) is 11.5 Å². The van der Waals surface area contributed by atoms with Crippen molar-refractivity contribution >= 4 is 38.9 Å². The number of hydrogen-bond acceptors (Lipinski definition) is 5. The molecule has 0 fully saturated rings. The minimum atomic E-state index is -0.655. The van der Waals surface area contributed by atoms with Gasteiger partial charge < -0.3 is 15.2 Å². The van der Waals surface area contributed by atoms with Crippen LogP contribution in [-0.4, -0.2) is 17.1 Å². The van der Waals surface area contributed by atoms with E-state index in [2.05, 4.69) is 21.2 Å². The summed E-state index contributed by atoms with van der Waals surface area (Å²) in [6, 6.07) is 8.19. The van der Waals surface area contributed by atoms with E-state index in [1.165, 1.54) is 19.2 Å². The number of anilines is 1. The first-order valence-corrected chi connectivity index (χ1v) is 7.32. The standard InChI is InChI=1S/C14H12BrClN2O4/c1-22-13-5-8(4-12(14(13)19)18(20)21)7-17-9-2-3-10(15)11(16)6-9/h2-6,17,19H,7H2,1H3. The van der Waals surface area contributed by atoms with Crippen LogP contribution in [0.25, 0.3) is 0 Å². The molecule has 2 aromatic rings. The highest BCUT2D eigenvalue weighted by molar-refractivity contribution is 9.10. The fourth-order valence-corrected chi connectivity index (χ4v) is 2.28. The molecule has 2 aromatic carbocycles. The van der Waals surface area contributed by atoms with E-state index in [1.54, 1.807) is 12.1 Å². The average Bonchev–Trinajstić information content (AvgIpc) is 2.49. The SMILES string of the molecule is COc1cc(CNc2ccc(Br)c(Cl)c2)cc([N+](=O)[O-])c1O. The zero-order chi connectivity index (χ0) is 16.3. The van der Waals surface area contributed by atoms with Crippen LogP contribution in [0.15, 0.2) is 34.8 Å². The Bertz CT molecular complexity index is 724. The van der Waals surface area contributed by atoms with E-state index >= 15 is 0 Å². The Labute approximate surface area is 139 Å². The summed E-state index contributed by atoms with van der Waals surface area (Å²) in [7, 11) is 1.34. The number of hydrogen-bond donors (Lipinski definition) is 2. The fourth-order valence-electron chi connectivity index (χ4n) is 1.86. The maximum absolute atomic E-state index is 10.9. The summed E-state index contributed by atoms with van der Waals surface area (Å²) in [4.78, 5) is 10.3. The number of benzene rings is 2. The van der Waals surface area contributed by atoms with Gasteiger partial charge in [0.1, 0.15) is 0 Å². The van der Waals surface area contributed by atoms with Gasteiger partial charge in [0.2, 0.25) is 5.75 Å². The molecule has 0 saturated carbocycles. The first-order valence-electron chi connectivity index (χ1n) is 6.15. The van der Waals surface area contributed by atoms with Gasteiger partial charge in [0.05, 0.1) is 17.1 Å². The van der Waals surface area contributed by atoms with Gasteiger partial charge in [-0.1, -0.05) is 11.6 Å². The quantitative estimate of drug-likeness (QED) is 0.589. The van der Waals surface area contributed by atoms with Crippen molar-refractivity contribution in [2.75, 3.05) is 12.4 Å². The van der Waals surface area contributed by atoms with E-state index in [9.17, 15) is 15.2 Å². The molecule has 0 amide bonds. The number of phenolic OH excluding ortho intramolecular Hbond substituents is 1. The highest BCUT2D eigenvalue weighted by Gasteiger charge is 2.19. The van der Waals surface area contributed by atoms with Crippen molar-refractivity contribution in [3.63, 3.8) is 0 Å². The molecule has 2 rings (SSSR count). The fraction of sp³-hybridized carbons (Fsp3) is 0.143. The first kappa shape index (κ1) is 16.4. The van der Waals surface area contributed by atoms with E-state index in [0.29, 0.717) is 17.1 Å². The van der Waals surface area contributed by atoms with Crippen LogP contribution >= 0.6 is 27.5 Å². The molecule has 0 bridgehead atoms. The molecule has 0 aromatic heterocycles. The molecule has 2 N–H and O–H groups in total. The van der Waals surface area contributed by atoms with Crippen molar-refractivity contribution in [1.29, 1.82) is 0 Å². The van der Waals surface area contributed by atoms with Crippen molar-refractivity contribution in [3.05, 3.63) is 55.5 Å². The summed E-state index contributed by atoms with van der Waals surface area (Å²) in [6.07, 6.45) is 0. The van der Waals surface area contributed by atoms with Gasteiger partial charge in [-0.25, -0.2) is 0 Å². The Balaban J connectivity index is 2.23. The van der Waals surface area contributed by atoms with Gasteiger partial charge in [-0.2, -0.15) is 0 Å². The third kappa shape index (κ3) is 3.61. The minimum absolute atomic E-state index is 0.0554. The van der Waals surface area contributed by atoms with Crippen LogP contribution in [0.1, 0.15) is 5.56 Å². The van der Waals surface area contributed by atoms with Crippen molar-refractivity contribution in [1.82, 2.24) is 0 Å². The van der Waals surface area contributed by atoms with Crippen LogP contribution in [0, 0.1) is 10.1 Å². The monoisotopic (exact) mass is 386 g/mol. The first-order chi connectivity index (χ1) is 10.4. The number of nitro groups is 1. The lowest BCUT2D eigenvalue weighted by atomic mass is 10.1. The number of halogens is 2. The zero-order valence-electron chi connectivity index (χ0n) is 11.5. The number of nitro benzene ring substituents is 1. The van der Waals surface area contributed by atoms with Crippen molar-refractivity contribution < 1.29 is 14.8 Å². The van der Waals surface area contributed by atoms with Gasteiger partial charge >= 0.3 is 5.69 Å². The number of methoxy groups -OCH3 is 1. The largest absolute Gasteiger partial charge is 0.500 e. The molecule has 0 spiro atoms. The predicted octanol–water partition coefficient (Wildman–Crippen LogP) is 4.34. The third-order valence-corrected chi connectivity index (χ3v) is 4.18. The van der Waals surface area contributed by atoms with E-state index in [1.807, 2.05) is 6.07 Å². The molecule has 0 radical (unpaired) electrons. The molecule has 0 aliphatic rings. The molecular weight excluding hydrogens is 376 g/mol. The van der Waals surface area contributed by atoms with E-state index in [4.69, 9.17) is 16.3 Å². The Hall–Kier alpha value is -1.99. The van der Waals surface area contributed by atoms with Crippen molar-refractivity contribution in [2.24, 2.45) is 0 Å². The molecule has 0 aliphatic heterocycles. The van der Waals surface area contributed by atoms with Gasteiger partial charge in [-0.05, 0) is 45.8 Å². The molecule has 22 heavy (non-hydrogen) atoms. The summed E-state index contributed by atoms with van der Waals surface area (Å²) in [5, 5.41) is 24.3. The Morgan fingerprint density at radius 2 is 2.14 bits per heavy atom. The van der Waals surface area contributed by atoms with Crippen LogP contribution in [0.5, 0.6) is 11.5 Å². The Morgan fingerprint density at radius 1 is 1.41 bits per heavy atom. The molecule has 8 heteroatoms. The van der Waals surface area contributed by atoms with Crippen LogP contribution < -0.4 is 10.1 Å². The molecule has 0 saturated heterocycles. The van der Waals surface area contributed by atoms with Crippen LogP contribution in [-0.2, 0) is 6.54 Å². The number of phenols is 1. The van der Waals surface area contributed by atoms with E-state index in [-0.39, 0.29) is 5.75 Å². The summed E-state index contributed by atoms with van der Waals surface area (Å²) in [6.45, 7) is 0.315. The summed E-state index contributed by atoms with van der Waals surface area (Å²) in [5.74, 6) is -0.428. The van der Waals surface area contributed by atoms with Crippen molar-refractivity contribution in [2.45, 2.75) is 6.54 Å². The summed E-state index contributed by atoms with van der Waals surface area (Å²) in [5.41, 5.74) is 0.966. The second kappa shape index (κ2) is 6.85. The minimum Gasteiger partial charge on any atom is -0.500 e. The Kier molecular flexibility index (Phi) is 5.10. The number of nitrogens with zero attached hydrogens (tertiary/aromatic N) is 1. The normalized spacial score (nSPS) is 10.3. The lowest BCUT2D eigenvalue weighted by Gasteiger charge is -2.10. The number of nitrogens with one attached hydrogen (secondary N) is 1. The maximum atomic E-state index is 10.9. The summed E-state index contributed by atoms with van der Waals surface area (Å²) < 4.78 is 5.73. The third-order valence-electron chi connectivity index (χ3n) is 2.95. The molecule has 0 unspecified atom stereocenters. The predicted molar refractivity (Wildman–Crippen MR) is 87.8 cm³/mol. The van der Waals surface area contributed by atoms with Gasteiger partial charge in [-0.15, -0.1) is 0 Å². The maximum Gasteiger partial charge on any atom is 0.315 e. The molecule has 116 valence electrons. The number of ether oxygens (including phenoxy) is 1. The highest BCUT2D eigenvalue weighted by atomic mass is 79.9. The molecule has 0 heterocycles. The topological polar surface area (TPSA) is 84.6 Å². The average molecular weight is 388 g/mol. The second-order valence-electron chi connectivity index (χ2n) is 4.41. The van der Waals surface area contributed by atoms with Crippen LogP contribution in [0.2, 0.25) is 5.02 Å². The summed E-state index contributed by atoms with van der Waals surface area (Å²) >= 11 is 9.30. The van der Waals surface area contributed by atoms with Crippen LogP contribution in [0.4, 0.5) is 11.4 Å². The molecule has 0 atom stereocenters. The molecule has 6 nitrogen and oxygen atoms in total. The van der Waals surface area contributed by atoms with E-state index in [0.717, 1.165) is 10.2 Å². The number of rotatable bonds is 5. The highest BCUT2D eigenvalue weighted by Crippen LogP contribution is 2.37. The smallest absolute Gasteiger partial charge is 0.315 e. The van der Waals surface area contributed by atoms with E-state index < -0.39 is 16.4 Å². The zero-order valence-corrected chi connectivity index (χ0v) is 13.8. The molecule has 0 aliphatic carbocycles. The number of aromatic hydroxyl groups is 1. The van der Waals surface area contributed by atoms with Gasteiger partial charge in [0, 0.05) is 22.8 Å². The lowest BCUT2D eigenvalue weighted by Crippen LogP contribution is -2.01. The molecular formula is C14H12BrClN2O4. The van der Waals surface area contributed by atoms with Crippen LogP contribution in [0.3, 0.4) is 0 Å². The second-order valence-corrected chi connectivity index (χ2v) is 5.67. The Morgan fingerprint density at radius 3 is 2.73 bits per heavy atom. The van der Waals surface area contributed by atoms with Gasteiger partial charge in [0.15, 0.2) is 5.75 Å². The lowest BCUT2D eigenvalue weighted by molar-refractivity contribution is -0.386. The van der Waals surface area contributed by atoms with Gasteiger partial charge in [-0.3, -0.25) is 10.1 Å². The van der Waals surface area contributed by atoms with Gasteiger partial charge in [0.25, 0.3) is 0 Å².